The van der Waals surface area contributed by atoms with Crippen LogP contribution in [0.1, 0.15) is 19.4 Å². The second-order valence-electron chi connectivity index (χ2n) is 4.14. The summed E-state index contributed by atoms with van der Waals surface area (Å²) in [5.41, 5.74) is 2.15. The molecule has 1 N–H and O–H groups in total. The van der Waals surface area contributed by atoms with E-state index < -0.39 is 0 Å². The Balaban J connectivity index is 2.27. The second-order valence-corrected chi connectivity index (χ2v) is 4.14. The molecule has 0 aliphatic rings. The van der Waals surface area contributed by atoms with Gasteiger partial charge in [0, 0.05) is 18.4 Å². The van der Waals surface area contributed by atoms with Crippen LogP contribution in [-0.2, 0) is 6.42 Å². The molecule has 0 fully saturated rings. The standard InChI is InChI=1S/C13H17FN2/c1-3-15-10(2)8-11-4-6-16-7-5-12(14)9-13(11)16/h4-7,9-10,15H,3,8H2,1-2H3. The number of nitrogens with zero attached hydrogens (tertiary/aromatic N) is 1. The normalized spacial score (nSPS) is 13.2. The summed E-state index contributed by atoms with van der Waals surface area (Å²) in [7, 11) is 0. The minimum atomic E-state index is -0.177. The van der Waals surface area contributed by atoms with Crippen LogP contribution in [0.3, 0.4) is 0 Å². The Bertz CT molecular complexity index is 476. The Kier molecular flexibility index (Phi) is 3.25. The first-order valence-corrected chi connectivity index (χ1v) is 5.69. The summed E-state index contributed by atoms with van der Waals surface area (Å²) in [6.45, 7) is 5.20. The number of pyridine rings is 1. The van der Waals surface area contributed by atoms with Crippen LogP contribution >= 0.6 is 0 Å². The van der Waals surface area contributed by atoms with Crippen molar-refractivity contribution in [2.24, 2.45) is 0 Å². The van der Waals surface area contributed by atoms with Crippen molar-refractivity contribution in [2.45, 2.75) is 26.3 Å². The van der Waals surface area contributed by atoms with E-state index in [1.165, 1.54) is 11.6 Å². The van der Waals surface area contributed by atoms with Gasteiger partial charge in [0.25, 0.3) is 0 Å². The van der Waals surface area contributed by atoms with E-state index in [1.807, 2.05) is 10.6 Å². The molecule has 0 saturated carbocycles. The maximum atomic E-state index is 13.2. The Morgan fingerprint density at radius 3 is 2.88 bits per heavy atom. The molecule has 1 atom stereocenters. The summed E-state index contributed by atoms with van der Waals surface area (Å²) >= 11 is 0. The van der Waals surface area contributed by atoms with E-state index in [-0.39, 0.29) is 5.82 Å². The number of fused-ring (bicyclic) bond motifs is 1. The van der Waals surface area contributed by atoms with Crippen molar-refractivity contribution in [1.29, 1.82) is 0 Å². The average Bonchev–Trinajstić information content (AvgIpc) is 2.61. The number of halogens is 1. The Hall–Kier alpha value is -1.35. The number of aromatic nitrogens is 1. The molecule has 0 aromatic carbocycles. The van der Waals surface area contributed by atoms with Crippen LogP contribution in [0, 0.1) is 5.82 Å². The highest BCUT2D eigenvalue weighted by Gasteiger charge is 2.07. The summed E-state index contributed by atoms with van der Waals surface area (Å²) in [4.78, 5) is 0. The zero-order valence-electron chi connectivity index (χ0n) is 9.70. The van der Waals surface area contributed by atoms with Crippen LogP contribution in [0.5, 0.6) is 0 Å². The molecule has 2 rings (SSSR count). The van der Waals surface area contributed by atoms with E-state index in [9.17, 15) is 4.39 Å². The third-order valence-electron chi connectivity index (χ3n) is 2.79. The summed E-state index contributed by atoms with van der Waals surface area (Å²) < 4.78 is 15.1. The number of hydrogen-bond donors (Lipinski definition) is 1. The smallest absolute Gasteiger partial charge is 0.126 e. The zero-order chi connectivity index (χ0) is 11.5. The summed E-state index contributed by atoms with van der Waals surface area (Å²) in [6.07, 6.45) is 4.66. The molecule has 0 radical (unpaired) electrons. The van der Waals surface area contributed by atoms with Gasteiger partial charge in [-0.3, -0.25) is 0 Å². The number of likely N-dealkylation sites (N-methyl/N-ethyl adjacent to an activating group) is 1. The predicted molar refractivity (Wildman–Crippen MR) is 64.2 cm³/mol. The lowest BCUT2D eigenvalue weighted by molar-refractivity contribution is 0.566. The quantitative estimate of drug-likeness (QED) is 0.837. The van der Waals surface area contributed by atoms with Crippen molar-refractivity contribution in [1.82, 2.24) is 9.72 Å². The molecule has 0 aliphatic carbocycles. The van der Waals surface area contributed by atoms with E-state index in [0.29, 0.717) is 6.04 Å². The molecule has 0 spiro atoms. The van der Waals surface area contributed by atoms with Gasteiger partial charge in [0.15, 0.2) is 0 Å². The summed E-state index contributed by atoms with van der Waals surface area (Å²) in [5, 5.41) is 3.36. The van der Waals surface area contributed by atoms with E-state index in [1.54, 1.807) is 12.3 Å². The van der Waals surface area contributed by atoms with Gasteiger partial charge in [0.2, 0.25) is 0 Å². The van der Waals surface area contributed by atoms with E-state index in [2.05, 4.69) is 25.2 Å². The lowest BCUT2D eigenvalue weighted by Crippen LogP contribution is -2.27. The molecule has 2 nitrogen and oxygen atoms in total. The first-order chi connectivity index (χ1) is 7.70. The molecule has 86 valence electrons. The highest BCUT2D eigenvalue weighted by molar-refractivity contribution is 5.56. The van der Waals surface area contributed by atoms with Crippen molar-refractivity contribution in [2.75, 3.05) is 6.54 Å². The molecule has 2 aromatic heterocycles. The van der Waals surface area contributed by atoms with Gasteiger partial charge in [-0.1, -0.05) is 6.92 Å². The number of nitrogens with one attached hydrogen (secondary N) is 1. The van der Waals surface area contributed by atoms with Crippen molar-refractivity contribution in [3.05, 3.63) is 42.0 Å². The first kappa shape index (κ1) is 11.1. The fourth-order valence-corrected chi connectivity index (χ4v) is 2.05. The second kappa shape index (κ2) is 4.66. The lowest BCUT2D eigenvalue weighted by atomic mass is 10.1. The van der Waals surface area contributed by atoms with Crippen molar-refractivity contribution >= 4 is 5.52 Å². The Morgan fingerprint density at radius 1 is 1.38 bits per heavy atom. The fourth-order valence-electron chi connectivity index (χ4n) is 2.05. The van der Waals surface area contributed by atoms with Crippen molar-refractivity contribution < 1.29 is 4.39 Å². The molecule has 3 heteroatoms. The van der Waals surface area contributed by atoms with Crippen molar-refractivity contribution in [3.8, 4) is 0 Å². The van der Waals surface area contributed by atoms with E-state index >= 15 is 0 Å². The zero-order valence-corrected chi connectivity index (χ0v) is 9.70. The third-order valence-corrected chi connectivity index (χ3v) is 2.79. The molecule has 16 heavy (non-hydrogen) atoms. The molecule has 0 saturated heterocycles. The molecule has 2 aromatic rings. The molecule has 0 amide bonds. The Morgan fingerprint density at radius 2 is 2.12 bits per heavy atom. The maximum absolute atomic E-state index is 13.2. The highest BCUT2D eigenvalue weighted by atomic mass is 19.1. The highest BCUT2D eigenvalue weighted by Crippen LogP contribution is 2.15. The van der Waals surface area contributed by atoms with Crippen LogP contribution in [0.2, 0.25) is 0 Å². The average molecular weight is 220 g/mol. The summed E-state index contributed by atoms with van der Waals surface area (Å²) in [6, 6.07) is 5.54. The van der Waals surface area contributed by atoms with Gasteiger partial charge in [-0.15, -0.1) is 0 Å². The molecular formula is C13H17FN2. The molecule has 0 bridgehead atoms. The van der Waals surface area contributed by atoms with Gasteiger partial charge in [0.1, 0.15) is 5.82 Å². The molecular weight excluding hydrogens is 203 g/mol. The van der Waals surface area contributed by atoms with Crippen molar-refractivity contribution in [3.63, 3.8) is 0 Å². The first-order valence-electron chi connectivity index (χ1n) is 5.69. The van der Waals surface area contributed by atoms with Gasteiger partial charge in [-0.25, -0.2) is 4.39 Å². The number of hydrogen-bond acceptors (Lipinski definition) is 1. The molecule has 2 heterocycles. The van der Waals surface area contributed by atoms with Gasteiger partial charge in [-0.2, -0.15) is 0 Å². The molecule has 1 unspecified atom stereocenters. The van der Waals surface area contributed by atoms with Gasteiger partial charge in [0.05, 0.1) is 5.52 Å². The largest absolute Gasteiger partial charge is 0.323 e. The SMILES string of the molecule is CCNC(C)Cc1ccn2ccc(F)cc12. The minimum absolute atomic E-state index is 0.177. The van der Waals surface area contributed by atoms with Crippen LogP contribution in [0.15, 0.2) is 30.6 Å². The fraction of sp³-hybridized carbons (Fsp3) is 0.385. The third kappa shape index (κ3) is 2.25. The van der Waals surface area contributed by atoms with Crippen LogP contribution < -0.4 is 5.32 Å². The van der Waals surface area contributed by atoms with E-state index in [4.69, 9.17) is 0 Å². The van der Waals surface area contributed by atoms with Gasteiger partial charge < -0.3 is 9.72 Å². The lowest BCUT2D eigenvalue weighted by Gasteiger charge is -2.11. The topological polar surface area (TPSA) is 16.4 Å². The minimum Gasteiger partial charge on any atom is -0.323 e. The van der Waals surface area contributed by atoms with Gasteiger partial charge in [-0.05, 0) is 43.7 Å². The van der Waals surface area contributed by atoms with E-state index in [0.717, 1.165) is 18.5 Å². The molecule has 0 aliphatic heterocycles. The van der Waals surface area contributed by atoms with Gasteiger partial charge >= 0.3 is 0 Å². The van der Waals surface area contributed by atoms with Crippen LogP contribution in [-0.4, -0.2) is 17.0 Å². The van der Waals surface area contributed by atoms with Crippen LogP contribution in [0.25, 0.3) is 5.52 Å². The monoisotopic (exact) mass is 220 g/mol. The van der Waals surface area contributed by atoms with Crippen LogP contribution in [0.4, 0.5) is 4.39 Å². The predicted octanol–water partition coefficient (Wildman–Crippen LogP) is 2.62. The maximum Gasteiger partial charge on any atom is 0.126 e. The summed E-state index contributed by atoms with van der Waals surface area (Å²) in [5.74, 6) is -0.177. The number of rotatable bonds is 4. The Labute approximate surface area is 95.1 Å².